The third-order valence-corrected chi connectivity index (χ3v) is 10.1. The first-order chi connectivity index (χ1) is 20.5. The van der Waals surface area contributed by atoms with Crippen molar-refractivity contribution in [3.05, 3.63) is 88.4 Å². The molecule has 0 heterocycles. The lowest BCUT2D eigenvalue weighted by atomic mass is 9.95. The molecule has 0 aromatic heterocycles. The van der Waals surface area contributed by atoms with Crippen LogP contribution >= 0.6 is 11.6 Å². The third kappa shape index (κ3) is 8.09. The van der Waals surface area contributed by atoms with Gasteiger partial charge in [0.15, 0.2) is 0 Å². The van der Waals surface area contributed by atoms with Crippen molar-refractivity contribution in [3.8, 4) is 5.75 Å². The number of nitrogens with zero attached hydrogens (tertiary/aromatic N) is 2. The minimum absolute atomic E-state index is 0.00715. The molecule has 1 aliphatic rings. The molecule has 3 aromatic rings. The molecule has 0 spiro atoms. The lowest BCUT2D eigenvalue weighted by molar-refractivity contribution is -0.139. The zero-order chi connectivity index (χ0) is 31.1. The maximum atomic E-state index is 14.2. The highest BCUT2D eigenvalue weighted by Crippen LogP contribution is 2.27. The van der Waals surface area contributed by atoms with Crippen molar-refractivity contribution in [1.29, 1.82) is 0 Å². The fourth-order valence-electron chi connectivity index (χ4n) is 5.22. The Morgan fingerprint density at radius 1 is 0.953 bits per heavy atom. The average molecular weight is 626 g/mol. The van der Waals surface area contributed by atoms with Crippen molar-refractivity contribution in [3.63, 3.8) is 0 Å². The predicted octanol–water partition coefficient (Wildman–Crippen LogP) is 6.03. The number of benzene rings is 3. The first kappa shape index (κ1) is 32.4. The van der Waals surface area contributed by atoms with Gasteiger partial charge in [-0.2, -0.15) is 0 Å². The molecule has 1 atom stereocenters. The highest BCUT2D eigenvalue weighted by molar-refractivity contribution is 7.92. The summed E-state index contributed by atoms with van der Waals surface area (Å²) in [4.78, 5) is 29.1. The number of nitrogens with one attached hydrogen (secondary N) is 1. The van der Waals surface area contributed by atoms with E-state index in [2.05, 4.69) is 5.32 Å². The molecule has 1 N–H and O–H groups in total. The van der Waals surface area contributed by atoms with Crippen molar-refractivity contribution >= 4 is 39.1 Å². The zero-order valence-corrected chi connectivity index (χ0v) is 26.7. The second-order valence-electron chi connectivity index (χ2n) is 11.1. The maximum Gasteiger partial charge on any atom is 0.264 e. The molecule has 0 aliphatic heterocycles. The van der Waals surface area contributed by atoms with Gasteiger partial charge in [-0.3, -0.25) is 13.9 Å². The van der Waals surface area contributed by atoms with Gasteiger partial charge in [0.25, 0.3) is 10.0 Å². The molecule has 8 nitrogen and oxygen atoms in total. The molecule has 0 bridgehead atoms. The van der Waals surface area contributed by atoms with Crippen LogP contribution in [0.15, 0.2) is 71.6 Å². The predicted molar refractivity (Wildman–Crippen MR) is 170 cm³/mol. The molecule has 0 saturated heterocycles. The number of carbonyl (C=O) groups excluding carboxylic acids is 2. The number of amides is 2. The monoisotopic (exact) mass is 625 g/mol. The number of halogens is 1. The summed E-state index contributed by atoms with van der Waals surface area (Å²) in [5.41, 5.74) is 3.02. The van der Waals surface area contributed by atoms with Crippen molar-refractivity contribution < 1.29 is 22.7 Å². The summed E-state index contributed by atoms with van der Waals surface area (Å²) >= 11 is 6.04. The molecule has 0 unspecified atom stereocenters. The summed E-state index contributed by atoms with van der Waals surface area (Å²) in [6, 6.07) is 17.6. The minimum atomic E-state index is -4.17. The molecule has 1 fully saturated rings. The van der Waals surface area contributed by atoms with Gasteiger partial charge in [0, 0.05) is 17.6 Å². The van der Waals surface area contributed by atoms with E-state index in [-0.39, 0.29) is 23.4 Å². The summed E-state index contributed by atoms with van der Waals surface area (Å²) in [7, 11) is -2.60. The fraction of sp³-hybridized carbons (Fsp3) is 0.394. The van der Waals surface area contributed by atoms with Crippen LogP contribution in [0.3, 0.4) is 0 Å². The largest absolute Gasteiger partial charge is 0.497 e. The molecule has 1 aliphatic carbocycles. The van der Waals surface area contributed by atoms with Crippen LogP contribution in [0, 0.1) is 13.8 Å². The van der Waals surface area contributed by atoms with Gasteiger partial charge in [0.2, 0.25) is 11.8 Å². The minimum Gasteiger partial charge on any atom is -0.497 e. The molecule has 1 saturated carbocycles. The molecule has 230 valence electrons. The Labute approximate surface area is 260 Å². The third-order valence-electron chi connectivity index (χ3n) is 8.09. The van der Waals surface area contributed by atoms with Crippen LogP contribution in [0.4, 0.5) is 5.69 Å². The quantitative estimate of drug-likeness (QED) is 0.281. The topological polar surface area (TPSA) is 96.0 Å². The summed E-state index contributed by atoms with van der Waals surface area (Å²) in [6.45, 7) is 5.13. The van der Waals surface area contributed by atoms with E-state index in [0.717, 1.165) is 53.1 Å². The molecule has 4 rings (SSSR count). The van der Waals surface area contributed by atoms with E-state index in [0.29, 0.717) is 16.5 Å². The highest BCUT2D eigenvalue weighted by Gasteiger charge is 2.33. The lowest BCUT2D eigenvalue weighted by Crippen LogP contribution is -2.53. The van der Waals surface area contributed by atoms with E-state index in [1.807, 2.05) is 32.0 Å². The van der Waals surface area contributed by atoms with Crippen LogP contribution in [-0.2, 0) is 26.2 Å². The van der Waals surface area contributed by atoms with Crippen LogP contribution in [0.1, 0.15) is 55.7 Å². The van der Waals surface area contributed by atoms with Crippen molar-refractivity contribution in [1.82, 2.24) is 10.2 Å². The van der Waals surface area contributed by atoms with E-state index >= 15 is 0 Å². The second-order valence-corrected chi connectivity index (χ2v) is 13.4. The van der Waals surface area contributed by atoms with Crippen LogP contribution in [0.25, 0.3) is 0 Å². The van der Waals surface area contributed by atoms with Gasteiger partial charge in [-0.1, -0.05) is 49.1 Å². The Hall–Kier alpha value is -3.56. The van der Waals surface area contributed by atoms with Gasteiger partial charge in [0.05, 0.1) is 17.7 Å². The Kier molecular flexibility index (Phi) is 10.7. The van der Waals surface area contributed by atoms with E-state index < -0.39 is 28.5 Å². The molecule has 0 radical (unpaired) electrons. The van der Waals surface area contributed by atoms with E-state index in [9.17, 15) is 18.0 Å². The SMILES string of the molecule is COc1ccc(CN(C(=O)CN(c2ccc(C)c(C)c2)S(=O)(=O)c2ccc(Cl)cc2)[C@@H](C)C(=O)NC2CCCCC2)cc1. The van der Waals surface area contributed by atoms with Gasteiger partial charge in [0.1, 0.15) is 18.3 Å². The highest BCUT2D eigenvalue weighted by atomic mass is 35.5. The number of methoxy groups -OCH3 is 1. The smallest absolute Gasteiger partial charge is 0.264 e. The van der Waals surface area contributed by atoms with E-state index in [1.54, 1.807) is 38.3 Å². The standard InChI is InChI=1S/C33H40ClN3O5S/c1-23-10-15-29(20-24(23)2)37(43(40,41)31-18-13-27(34)14-19-31)22-32(38)36(21-26-11-16-30(42-4)17-12-26)25(3)33(39)35-28-8-6-5-7-9-28/h10-20,25,28H,5-9,21-22H2,1-4H3,(H,35,39)/t25-/m0/s1. The van der Waals surface area contributed by atoms with Gasteiger partial charge >= 0.3 is 0 Å². The zero-order valence-electron chi connectivity index (χ0n) is 25.2. The van der Waals surface area contributed by atoms with Crippen LogP contribution < -0.4 is 14.4 Å². The maximum absolute atomic E-state index is 14.2. The Balaban J connectivity index is 1.69. The van der Waals surface area contributed by atoms with Gasteiger partial charge in [-0.15, -0.1) is 0 Å². The van der Waals surface area contributed by atoms with Crippen molar-refractivity contribution in [2.75, 3.05) is 18.0 Å². The summed E-state index contributed by atoms with van der Waals surface area (Å²) < 4.78 is 34.4. The molecule has 10 heteroatoms. The van der Waals surface area contributed by atoms with Crippen LogP contribution in [0.2, 0.25) is 5.02 Å². The van der Waals surface area contributed by atoms with Crippen LogP contribution in [0.5, 0.6) is 5.75 Å². The molecule has 2 amide bonds. The van der Waals surface area contributed by atoms with Gasteiger partial charge < -0.3 is 15.0 Å². The summed E-state index contributed by atoms with van der Waals surface area (Å²) in [6.07, 6.45) is 5.08. The van der Waals surface area contributed by atoms with E-state index in [4.69, 9.17) is 16.3 Å². The molecular formula is C33H40ClN3O5S. The number of hydrogen-bond donors (Lipinski definition) is 1. The number of sulfonamides is 1. The van der Waals surface area contributed by atoms with Gasteiger partial charge in [-0.05, 0) is 98.8 Å². The van der Waals surface area contributed by atoms with Gasteiger partial charge in [-0.25, -0.2) is 8.42 Å². The number of ether oxygens (including phenoxy) is 1. The second kappa shape index (κ2) is 14.3. The van der Waals surface area contributed by atoms with Crippen LogP contribution in [-0.4, -0.2) is 50.9 Å². The number of aryl methyl sites for hydroxylation is 2. The lowest BCUT2D eigenvalue weighted by Gasteiger charge is -2.33. The van der Waals surface area contributed by atoms with Crippen molar-refractivity contribution in [2.45, 2.75) is 76.4 Å². The number of hydrogen-bond acceptors (Lipinski definition) is 5. The average Bonchev–Trinajstić information content (AvgIpc) is 3.00. The Morgan fingerprint density at radius 3 is 2.21 bits per heavy atom. The molecule has 3 aromatic carbocycles. The summed E-state index contributed by atoms with van der Waals surface area (Å²) in [5, 5.41) is 3.52. The summed E-state index contributed by atoms with van der Waals surface area (Å²) in [5.74, 6) is -0.0929. The first-order valence-corrected chi connectivity index (χ1v) is 16.4. The molecular weight excluding hydrogens is 586 g/mol. The van der Waals surface area contributed by atoms with Crippen molar-refractivity contribution in [2.24, 2.45) is 0 Å². The van der Waals surface area contributed by atoms with E-state index in [1.165, 1.54) is 29.2 Å². The number of rotatable bonds is 11. The molecule has 43 heavy (non-hydrogen) atoms. The number of carbonyl (C=O) groups is 2. The Morgan fingerprint density at radius 2 is 1.60 bits per heavy atom. The fourth-order valence-corrected chi connectivity index (χ4v) is 6.75. The Bertz CT molecular complexity index is 1520. The number of anilines is 1. The normalized spacial score (nSPS) is 14.5. The first-order valence-electron chi connectivity index (χ1n) is 14.6.